The molecule has 0 radical (unpaired) electrons. The fourth-order valence-corrected chi connectivity index (χ4v) is 1.58. The minimum absolute atomic E-state index is 0.122. The van der Waals surface area contributed by atoms with Gasteiger partial charge in [-0.25, -0.2) is 0 Å². The second-order valence-electron chi connectivity index (χ2n) is 3.36. The quantitative estimate of drug-likeness (QED) is 0.917. The molecule has 3 nitrogen and oxygen atoms in total. The first-order valence-corrected chi connectivity index (χ1v) is 5.45. The maximum Gasteiger partial charge on any atom is 0.181 e. The molecule has 0 saturated carbocycles. The smallest absolute Gasteiger partial charge is 0.181 e. The van der Waals surface area contributed by atoms with Gasteiger partial charge < -0.3 is 10.5 Å². The molecule has 0 aliphatic heterocycles. The van der Waals surface area contributed by atoms with Gasteiger partial charge in [-0.05, 0) is 32.0 Å². The highest BCUT2D eigenvalue weighted by Crippen LogP contribution is 2.28. The predicted molar refractivity (Wildman–Crippen MR) is 62.4 cm³/mol. The van der Waals surface area contributed by atoms with Crippen LogP contribution < -0.4 is 10.5 Å². The number of nitrogens with zero attached hydrogens (tertiary/aromatic N) is 1. The molecule has 1 rings (SSSR count). The van der Waals surface area contributed by atoms with Crippen LogP contribution in [-0.4, -0.2) is 6.10 Å². The van der Waals surface area contributed by atoms with Crippen molar-refractivity contribution in [2.24, 2.45) is 5.73 Å². The van der Waals surface area contributed by atoms with Gasteiger partial charge in [-0.3, -0.25) is 0 Å². The zero-order chi connectivity index (χ0) is 11.4. The summed E-state index contributed by atoms with van der Waals surface area (Å²) in [5.41, 5.74) is 6.71. The topological polar surface area (TPSA) is 59.0 Å². The summed E-state index contributed by atoms with van der Waals surface area (Å²) in [6, 6.07) is 7.49. The predicted octanol–water partition coefficient (Wildman–Crippen LogP) is 2.76. The third-order valence-corrected chi connectivity index (χ3v) is 2.44. The van der Waals surface area contributed by atoms with E-state index in [9.17, 15) is 0 Å². The normalized spacial score (nSPS) is 14.1. The minimum atomic E-state index is -0.469. The Morgan fingerprint density at radius 3 is 2.67 bits per heavy atom. The minimum Gasteiger partial charge on any atom is -0.476 e. The molecular formula is C11H13BrN2O. The Balaban J connectivity index is 3.02. The molecular weight excluding hydrogens is 256 g/mol. The third-order valence-electron chi connectivity index (χ3n) is 1.95. The van der Waals surface area contributed by atoms with Crippen LogP contribution in [0.3, 0.4) is 0 Å². The molecule has 4 heteroatoms. The van der Waals surface area contributed by atoms with Crippen molar-refractivity contribution in [3.63, 3.8) is 0 Å². The lowest BCUT2D eigenvalue weighted by atomic mass is 10.1. The van der Waals surface area contributed by atoms with Crippen molar-refractivity contribution in [1.29, 1.82) is 5.26 Å². The molecule has 0 spiro atoms. The summed E-state index contributed by atoms with van der Waals surface area (Å²) < 4.78 is 6.40. The first kappa shape index (κ1) is 12.0. The second kappa shape index (κ2) is 5.15. The molecule has 0 aliphatic rings. The van der Waals surface area contributed by atoms with Gasteiger partial charge in [0.1, 0.15) is 11.8 Å². The number of nitriles is 1. The fourth-order valence-electron chi connectivity index (χ4n) is 1.20. The number of rotatable bonds is 3. The zero-order valence-electron chi connectivity index (χ0n) is 8.70. The van der Waals surface area contributed by atoms with E-state index in [1.165, 1.54) is 0 Å². The number of hydrogen-bond acceptors (Lipinski definition) is 3. The van der Waals surface area contributed by atoms with Gasteiger partial charge in [-0.15, -0.1) is 0 Å². The van der Waals surface area contributed by atoms with Gasteiger partial charge in [-0.2, -0.15) is 5.26 Å². The van der Waals surface area contributed by atoms with Gasteiger partial charge in [0.2, 0.25) is 0 Å². The standard InChI is InChI=1S/C11H13BrN2O/c1-7(6-13)15-11-4-3-9(12)5-10(11)8(2)14/h3-5,7-8H,14H2,1-2H3/t7?,8-/m1/s1. The van der Waals surface area contributed by atoms with E-state index in [1.807, 2.05) is 31.2 Å². The molecule has 0 fully saturated rings. The van der Waals surface area contributed by atoms with Crippen LogP contribution in [0.4, 0.5) is 0 Å². The van der Waals surface area contributed by atoms with Gasteiger partial charge in [0.25, 0.3) is 0 Å². The Labute approximate surface area is 98.0 Å². The number of hydrogen-bond donors (Lipinski definition) is 1. The number of halogens is 1. The molecule has 0 aromatic heterocycles. The summed E-state index contributed by atoms with van der Waals surface area (Å²) in [6.07, 6.45) is -0.469. The highest BCUT2D eigenvalue weighted by Gasteiger charge is 2.11. The third kappa shape index (κ3) is 3.22. The van der Waals surface area contributed by atoms with Crippen LogP contribution in [0.25, 0.3) is 0 Å². The maximum atomic E-state index is 8.66. The average Bonchev–Trinajstić information content (AvgIpc) is 2.20. The zero-order valence-corrected chi connectivity index (χ0v) is 10.3. The molecule has 2 N–H and O–H groups in total. The second-order valence-corrected chi connectivity index (χ2v) is 4.28. The molecule has 1 unspecified atom stereocenters. The van der Waals surface area contributed by atoms with E-state index in [0.29, 0.717) is 5.75 Å². The average molecular weight is 269 g/mol. The van der Waals surface area contributed by atoms with Crippen molar-refractivity contribution in [2.45, 2.75) is 26.0 Å². The molecule has 0 saturated heterocycles. The highest BCUT2D eigenvalue weighted by molar-refractivity contribution is 9.10. The fraction of sp³-hybridized carbons (Fsp3) is 0.364. The van der Waals surface area contributed by atoms with Crippen LogP contribution in [-0.2, 0) is 0 Å². The molecule has 0 aliphatic carbocycles. The molecule has 80 valence electrons. The van der Waals surface area contributed by atoms with Gasteiger partial charge in [0, 0.05) is 16.1 Å². The van der Waals surface area contributed by atoms with E-state index < -0.39 is 6.10 Å². The van der Waals surface area contributed by atoms with Crippen LogP contribution in [0.5, 0.6) is 5.75 Å². The first-order chi connectivity index (χ1) is 7.04. The van der Waals surface area contributed by atoms with Crippen LogP contribution >= 0.6 is 15.9 Å². The molecule has 2 atom stereocenters. The Bertz CT molecular complexity index is 385. The molecule has 0 amide bonds. The lowest BCUT2D eigenvalue weighted by Crippen LogP contribution is -2.13. The van der Waals surface area contributed by atoms with Crippen molar-refractivity contribution in [1.82, 2.24) is 0 Å². The van der Waals surface area contributed by atoms with Gasteiger partial charge in [0.05, 0.1) is 0 Å². The van der Waals surface area contributed by atoms with Crippen LogP contribution in [0.15, 0.2) is 22.7 Å². The van der Waals surface area contributed by atoms with Crippen molar-refractivity contribution < 1.29 is 4.74 Å². The summed E-state index contributed by atoms with van der Waals surface area (Å²) in [4.78, 5) is 0. The summed E-state index contributed by atoms with van der Waals surface area (Å²) in [7, 11) is 0. The summed E-state index contributed by atoms with van der Waals surface area (Å²) in [5, 5.41) is 8.66. The van der Waals surface area contributed by atoms with E-state index >= 15 is 0 Å². The van der Waals surface area contributed by atoms with Gasteiger partial charge in [0.15, 0.2) is 6.10 Å². The number of benzene rings is 1. The number of nitrogens with two attached hydrogens (primary N) is 1. The van der Waals surface area contributed by atoms with E-state index in [0.717, 1.165) is 10.0 Å². The number of ether oxygens (including phenoxy) is 1. The molecule has 1 aromatic rings. The Morgan fingerprint density at radius 2 is 2.13 bits per heavy atom. The van der Waals surface area contributed by atoms with Crippen LogP contribution in [0, 0.1) is 11.3 Å². The lowest BCUT2D eigenvalue weighted by Gasteiger charge is -2.15. The molecule has 0 bridgehead atoms. The van der Waals surface area contributed by atoms with Crippen LogP contribution in [0.2, 0.25) is 0 Å². The van der Waals surface area contributed by atoms with E-state index in [4.69, 9.17) is 15.7 Å². The van der Waals surface area contributed by atoms with Crippen molar-refractivity contribution in [2.75, 3.05) is 0 Å². The summed E-state index contributed by atoms with van der Waals surface area (Å²) in [5.74, 6) is 0.669. The Hall–Kier alpha value is -1.05. The maximum absolute atomic E-state index is 8.66. The first-order valence-electron chi connectivity index (χ1n) is 4.66. The van der Waals surface area contributed by atoms with E-state index in [1.54, 1.807) is 6.92 Å². The highest BCUT2D eigenvalue weighted by atomic mass is 79.9. The van der Waals surface area contributed by atoms with E-state index in [-0.39, 0.29) is 6.04 Å². The molecule has 1 aromatic carbocycles. The van der Waals surface area contributed by atoms with Crippen LogP contribution in [0.1, 0.15) is 25.5 Å². The summed E-state index contributed by atoms with van der Waals surface area (Å²) >= 11 is 3.37. The Morgan fingerprint density at radius 1 is 1.47 bits per heavy atom. The monoisotopic (exact) mass is 268 g/mol. The lowest BCUT2D eigenvalue weighted by molar-refractivity contribution is 0.272. The van der Waals surface area contributed by atoms with E-state index in [2.05, 4.69) is 15.9 Å². The van der Waals surface area contributed by atoms with Crippen molar-refractivity contribution in [3.8, 4) is 11.8 Å². The van der Waals surface area contributed by atoms with Gasteiger partial charge >= 0.3 is 0 Å². The molecule has 0 heterocycles. The van der Waals surface area contributed by atoms with Crippen molar-refractivity contribution >= 4 is 15.9 Å². The Kier molecular flexibility index (Phi) is 4.13. The molecule has 15 heavy (non-hydrogen) atoms. The van der Waals surface area contributed by atoms with Gasteiger partial charge in [-0.1, -0.05) is 15.9 Å². The van der Waals surface area contributed by atoms with Crippen molar-refractivity contribution in [3.05, 3.63) is 28.2 Å². The largest absolute Gasteiger partial charge is 0.476 e. The summed E-state index contributed by atoms with van der Waals surface area (Å²) in [6.45, 7) is 3.58. The SMILES string of the molecule is CC(C#N)Oc1ccc(Br)cc1[C@@H](C)N.